The van der Waals surface area contributed by atoms with Crippen molar-refractivity contribution in [2.24, 2.45) is 5.92 Å². The molecule has 1 unspecified atom stereocenters. The third kappa shape index (κ3) is 7.59. The average Bonchev–Trinajstić information content (AvgIpc) is 2.99. The predicted octanol–water partition coefficient (Wildman–Crippen LogP) is 6.95. The van der Waals surface area contributed by atoms with Crippen LogP contribution in [0.3, 0.4) is 0 Å². The Labute approximate surface area is 230 Å². The second-order valence-corrected chi connectivity index (χ2v) is 13.3. The second-order valence-electron chi connectivity index (χ2n) is 9.05. The lowest BCUT2D eigenvalue weighted by Crippen LogP contribution is -2.32. The van der Waals surface area contributed by atoms with E-state index in [1.165, 1.54) is 21.2 Å². The van der Waals surface area contributed by atoms with Crippen LogP contribution in [0, 0.1) is 5.92 Å². The monoisotopic (exact) mass is 538 g/mol. The minimum absolute atomic E-state index is 0.0665. The predicted molar refractivity (Wildman–Crippen MR) is 167 cm³/mol. The lowest BCUT2D eigenvalue weighted by Gasteiger charge is -2.30. The van der Waals surface area contributed by atoms with Gasteiger partial charge >= 0.3 is 0 Å². The largest absolute Gasteiger partial charge is 0.369 e. The minimum atomic E-state index is -0.650. The van der Waals surface area contributed by atoms with Gasteiger partial charge in [0.25, 0.3) is 0 Å². The molecule has 38 heavy (non-hydrogen) atoms. The number of hydrogen-bond acceptors (Lipinski definition) is 2. The zero-order valence-electron chi connectivity index (χ0n) is 22.0. The van der Waals surface area contributed by atoms with Crippen molar-refractivity contribution < 1.29 is 9.47 Å². The molecule has 0 aromatic heterocycles. The van der Waals surface area contributed by atoms with E-state index in [1.54, 1.807) is 0 Å². The van der Waals surface area contributed by atoms with E-state index in [1.807, 2.05) is 12.2 Å². The van der Waals surface area contributed by atoms with Crippen LogP contribution in [0.1, 0.15) is 6.92 Å². The van der Waals surface area contributed by atoms with Gasteiger partial charge in [-0.2, -0.15) is 0 Å². The van der Waals surface area contributed by atoms with Gasteiger partial charge in [-0.15, -0.1) is 13.2 Å². The summed E-state index contributed by atoms with van der Waals surface area (Å²) in [5.41, 5.74) is 0. The maximum atomic E-state index is 6.57. The SMILES string of the molecule is C=C[C@H](OCP(c1ccccc1)c1ccccc1)C(C)[C@@H](C=C)OCP(c1ccccc1)c1ccccc1. The Hall–Kier alpha value is -2.86. The quantitative estimate of drug-likeness (QED) is 0.128. The molecule has 0 fully saturated rings. The van der Waals surface area contributed by atoms with Gasteiger partial charge in [0.05, 0.1) is 24.9 Å². The number of rotatable bonds is 14. The molecule has 2 nitrogen and oxygen atoms in total. The van der Waals surface area contributed by atoms with Crippen LogP contribution in [0.4, 0.5) is 0 Å². The van der Waals surface area contributed by atoms with Gasteiger partial charge in [0.15, 0.2) is 0 Å². The lowest BCUT2D eigenvalue weighted by atomic mass is 9.98. The van der Waals surface area contributed by atoms with E-state index in [0.717, 1.165) is 0 Å². The Morgan fingerprint density at radius 2 is 0.789 bits per heavy atom. The number of benzene rings is 4. The van der Waals surface area contributed by atoms with E-state index in [9.17, 15) is 0 Å². The van der Waals surface area contributed by atoms with E-state index in [-0.39, 0.29) is 18.1 Å². The zero-order chi connectivity index (χ0) is 26.6. The number of hydrogen-bond donors (Lipinski definition) is 0. The van der Waals surface area contributed by atoms with Gasteiger partial charge < -0.3 is 9.47 Å². The molecule has 0 bridgehead atoms. The molecule has 0 aliphatic rings. The van der Waals surface area contributed by atoms with Crippen LogP contribution in [0.2, 0.25) is 0 Å². The van der Waals surface area contributed by atoms with Gasteiger partial charge in [0.2, 0.25) is 0 Å². The standard InChI is InChI=1S/C34H36O2P2/c1-4-33(35-26-37(29-18-10-6-11-19-29)30-20-12-7-13-21-30)28(3)34(5-2)36-27-38(31-22-14-8-15-23-31)32-24-16-9-17-25-32/h4-25,28,33-34H,1-2,26-27H2,3H3/t28?,33-,34+. The van der Waals surface area contributed by atoms with Crippen molar-refractivity contribution in [3.63, 3.8) is 0 Å². The van der Waals surface area contributed by atoms with Gasteiger partial charge in [0.1, 0.15) is 0 Å². The van der Waals surface area contributed by atoms with E-state index in [4.69, 9.17) is 9.47 Å². The lowest BCUT2D eigenvalue weighted by molar-refractivity contribution is 0.00639. The number of ether oxygens (including phenoxy) is 2. The molecule has 4 heteroatoms. The first-order chi connectivity index (χ1) is 18.7. The van der Waals surface area contributed by atoms with Crippen LogP contribution >= 0.6 is 15.8 Å². The van der Waals surface area contributed by atoms with Crippen LogP contribution in [0.5, 0.6) is 0 Å². The van der Waals surface area contributed by atoms with Crippen molar-refractivity contribution in [3.8, 4) is 0 Å². The van der Waals surface area contributed by atoms with Gasteiger partial charge in [-0.05, 0) is 37.1 Å². The topological polar surface area (TPSA) is 18.5 Å². The third-order valence-electron chi connectivity index (χ3n) is 6.56. The highest BCUT2D eigenvalue weighted by molar-refractivity contribution is 7.73. The van der Waals surface area contributed by atoms with E-state index < -0.39 is 15.8 Å². The Morgan fingerprint density at radius 3 is 1.03 bits per heavy atom. The molecule has 0 aliphatic carbocycles. The summed E-state index contributed by atoms with van der Waals surface area (Å²) >= 11 is 0. The second kappa shape index (κ2) is 14.9. The van der Waals surface area contributed by atoms with Crippen LogP contribution in [-0.2, 0) is 9.47 Å². The van der Waals surface area contributed by atoms with Crippen molar-refractivity contribution in [2.75, 3.05) is 12.7 Å². The molecule has 194 valence electrons. The Bertz CT molecular complexity index is 1050. The van der Waals surface area contributed by atoms with Crippen molar-refractivity contribution in [3.05, 3.63) is 147 Å². The fourth-order valence-electron chi connectivity index (χ4n) is 4.41. The highest BCUT2D eigenvalue weighted by atomic mass is 31.1. The average molecular weight is 539 g/mol. The van der Waals surface area contributed by atoms with Gasteiger partial charge in [-0.1, -0.05) is 140 Å². The molecule has 0 aliphatic heterocycles. The van der Waals surface area contributed by atoms with Crippen molar-refractivity contribution >= 4 is 37.1 Å². The van der Waals surface area contributed by atoms with E-state index in [0.29, 0.717) is 12.7 Å². The summed E-state index contributed by atoms with van der Waals surface area (Å²) in [4.78, 5) is 0. The Kier molecular flexibility index (Phi) is 11.1. The summed E-state index contributed by atoms with van der Waals surface area (Å²) in [6.45, 7) is 10.4. The molecule has 0 saturated heterocycles. The first kappa shape index (κ1) is 28.2. The fourth-order valence-corrected chi connectivity index (χ4v) is 8.37. The molecule has 4 aromatic carbocycles. The molecule has 4 aromatic rings. The summed E-state index contributed by atoms with van der Waals surface area (Å²) in [5, 5.41) is 5.21. The maximum Gasteiger partial charge on any atom is 0.0811 e. The summed E-state index contributed by atoms with van der Waals surface area (Å²) in [6, 6.07) is 42.6. The van der Waals surface area contributed by atoms with E-state index in [2.05, 4.69) is 141 Å². The molecule has 0 N–H and O–H groups in total. The third-order valence-corrected chi connectivity index (χ3v) is 11.1. The van der Waals surface area contributed by atoms with Gasteiger partial charge in [0, 0.05) is 5.92 Å². The molecular weight excluding hydrogens is 502 g/mol. The maximum absolute atomic E-state index is 6.57. The Balaban J connectivity index is 1.46. The van der Waals surface area contributed by atoms with Gasteiger partial charge in [-0.3, -0.25) is 0 Å². The van der Waals surface area contributed by atoms with Crippen molar-refractivity contribution in [1.29, 1.82) is 0 Å². The molecule has 0 amide bonds. The molecule has 0 radical (unpaired) electrons. The zero-order valence-corrected chi connectivity index (χ0v) is 23.8. The van der Waals surface area contributed by atoms with Crippen molar-refractivity contribution in [2.45, 2.75) is 19.1 Å². The van der Waals surface area contributed by atoms with Crippen LogP contribution in [0.25, 0.3) is 0 Å². The molecule has 4 rings (SSSR count). The molecule has 0 saturated carbocycles. The smallest absolute Gasteiger partial charge is 0.0811 e. The van der Waals surface area contributed by atoms with Crippen LogP contribution < -0.4 is 21.2 Å². The first-order valence-electron chi connectivity index (χ1n) is 12.9. The molecule has 3 atom stereocenters. The fraction of sp³-hybridized carbons (Fsp3) is 0.176. The minimum Gasteiger partial charge on any atom is -0.369 e. The summed E-state index contributed by atoms with van der Waals surface area (Å²) < 4.78 is 13.1. The summed E-state index contributed by atoms with van der Waals surface area (Å²) in [7, 11) is -1.30. The van der Waals surface area contributed by atoms with E-state index >= 15 is 0 Å². The van der Waals surface area contributed by atoms with Crippen molar-refractivity contribution in [1.82, 2.24) is 0 Å². The normalized spacial score (nSPS) is 13.7. The molecular formula is C34H36O2P2. The summed E-state index contributed by atoms with van der Waals surface area (Å²) in [6.07, 6.45) is 4.74. The van der Waals surface area contributed by atoms with Gasteiger partial charge in [-0.25, -0.2) is 0 Å². The Morgan fingerprint density at radius 1 is 0.526 bits per heavy atom. The highest BCUT2D eigenvalue weighted by Crippen LogP contribution is 2.37. The highest BCUT2D eigenvalue weighted by Gasteiger charge is 2.26. The molecule has 0 spiro atoms. The summed E-state index contributed by atoms with van der Waals surface area (Å²) in [5.74, 6) is 0.0665. The van der Waals surface area contributed by atoms with Crippen LogP contribution in [0.15, 0.2) is 147 Å². The van der Waals surface area contributed by atoms with Crippen LogP contribution in [-0.4, -0.2) is 24.9 Å². The molecule has 0 heterocycles. The first-order valence-corrected chi connectivity index (χ1v) is 16.0.